The fourth-order valence-electron chi connectivity index (χ4n) is 3.04. The van der Waals surface area contributed by atoms with Crippen LogP contribution in [0.5, 0.6) is 0 Å². The molecule has 122 valence electrons. The van der Waals surface area contributed by atoms with Crippen LogP contribution in [0.25, 0.3) is 0 Å². The van der Waals surface area contributed by atoms with E-state index in [0.717, 1.165) is 17.7 Å². The van der Waals surface area contributed by atoms with E-state index in [-0.39, 0.29) is 23.7 Å². The van der Waals surface area contributed by atoms with E-state index in [1.54, 1.807) is 25.1 Å². The van der Waals surface area contributed by atoms with Crippen LogP contribution in [0.2, 0.25) is 0 Å². The molecule has 1 saturated heterocycles. The second-order valence-corrected chi connectivity index (χ2v) is 5.93. The van der Waals surface area contributed by atoms with Crippen LogP contribution < -0.4 is 5.32 Å². The predicted molar refractivity (Wildman–Crippen MR) is 83.7 cm³/mol. The van der Waals surface area contributed by atoms with Crippen LogP contribution in [-0.4, -0.2) is 19.1 Å². The summed E-state index contributed by atoms with van der Waals surface area (Å²) in [5, 5.41) is 2.95. The van der Waals surface area contributed by atoms with Crippen molar-refractivity contribution in [2.75, 3.05) is 13.2 Å². The van der Waals surface area contributed by atoms with Crippen LogP contribution in [0.15, 0.2) is 34.7 Å². The van der Waals surface area contributed by atoms with Crippen molar-refractivity contribution in [1.29, 1.82) is 0 Å². The first-order chi connectivity index (χ1) is 11.0. The van der Waals surface area contributed by atoms with Gasteiger partial charge in [-0.05, 0) is 44.0 Å². The molecule has 4 nitrogen and oxygen atoms in total. The summed E-state index contributed by atoms with van der Waals surface area (Å²) in [5.41, 5.74) is 1.51. The van der Waals surface area contributed by atoms with Gasteiger partial charge in [-0.15, -0.1) is 0 Å². The van der Waals surface area contributed by atoms with Crippen molar-refractivity contribution in [1.82, 2.24) is 5.32 Å². The van der Waals surface area contributed by atoms with E-state index >= 15 is 0 Å². The number of carbonyl (C=O) groups is 1. The second-order valence-electron chi connectivity index (χ2n) is 5.93. The molecule has 5 heteroatoms. The topological polar surface area (TPSA) is 51.5 Å². The third kappa shape index (κ3) is 3.45. The maximum Gasteiger partial charge on any atom is 0.254 e. The van der Waals surface area contributed by atoms with Gasteiger partial charge in [0, 0.05) is 19.1 Å². The summed E-state index contributed by atoms with van der Waals surface area (Å²) in [5.74, 6) is 1.13. The normalized spacial score (nSPS) is 20.7. The molecule has 1 fully saturated rings. The van der Waals surface area contributed by atoms with Crippen molar-refractivity contribution in [2.45, 2.75) is 26.4 Å². The van der Waals surface area contributed by atoms with Gasteiger partial charge in [-0.2, -0.15) is 0 Å². The molecule has 1 aliphatic heterocycles. The summed E-state index contributed by atoms with van der Waals surface area (Å²) in [6, 6.07) is 8.09. The number of halogens is 1. The SMILES string of the molecule is Cc1cc(C(=O)NC[C@@H]2CCO[C@H]2c2ccc(F)cc2)c(C)o1. The van der Waals surface area contributed by atoms with Crippen molar-refractivity contribution in [2.24, 2.45) is 5.92 Å². The van der Waals surface area contributed by atoms with Crippen molar-refractivity contribution >= 4 is 5.91 Å². The summed E-state index contributed by atoms with van der Waals surface area (Å²) < 4.78 is 24.2. The molecule has 2 aromatic rings. The molecule has 0 saturated carbocycles. The lowest BCUT2D eigenvalue weighted by Gasteiger charge is -2.19. The molecule has 2 heterocycles. The van der Waals surface area contributed by atoms with Gasteiger partial charge in [-0.25, -0.2) is 4.39 Å². The number of hydrogen-bond donors (Lipinski definition) is 1. The molecule has 0 unspecified atom stereocenters. The highest BCUT2D eigenvalue weighted by Gasteiger charge is 2.30. The smallest absolute Gasteiger partial charge is 0.254 e. The fraction of sp³-hybridized carbons (Fsp3) is 0.389. The number of benzene rings is 1. The van der Waals surface area contributed by atoms with Crippen LogP contribution in [0, 0.1) is 25.6 Å². The van der Waals surface area contributed by atoms with Crippen LogP contribution in [0.3, 0.4) is 0 Å². The summed E-state index contributed by atoms with van der Waals surface area (Å²) in [4.78, 5) is 12.3. The van der Waals surface area contributed by atoms with Crippen molar-refractivity contribution in [3.05, 3.63) is 58.8 Å². The lowest BCUT2D eigenvalue weighted by Crippen LogP contribution is -2.30. The van der Waals surface area contributed by atoms with E-state index in [4.69, 9.17) is 9.15 Å². The van der Waals surface area contributed by atoms with Gasteiger partial charge in [0.15, 0.2) is 0 Å². The van der Waals surface area contributed by atoms with E-state index < -0.39 is 0 Å². The molecular weight excluding hydrogens is 297 g/mol. The van der Waals surface area contributed by atoms with E-state index in [2.05, 4.69) is 5.32 Å². The summed E-state index contributed by atoms with van der Waals surface area (Å²) >= 11 is 0. The molecule has 1 amide bonds. The highest BCUT2D eigenvalue weighted by atomic mass is 19.1. The number of nitrogens with one attached hydrogen (secondary N) is 1. The molecule has 1 N–H and O–H groups in total. The minimum atomic E-state index is -0.262. The minimum absolute atomic E-state index is 0.108. The quantitative estimate of drug-likeness (QED) is 0.938. The Morgan fingerprint density at radius 1 is 1.30 bits per heavy atom. The Bertz CT molecular complexity index is 693. The maximum absolute atomic E-state index is 13.0. The number of aryl methyl sites for hydroxylation is 2. The first kappa shape index (κ1) is 15.7. The molecule has 2 atom stereocenters. The van der Waals surface area contributed by atoms with Crippen molar-refractivity contribution in [3.8, 4) is 0 Å². The van der Waals surface area contributed by atoms with Gasteiger partial charge in [-0.3, -0.25) is 4.79 Å². The van der Waals surface area contributed by atoms with Crippen LogP contribution in [0.1, 0.15) is 40.0 Å². The Morgan fingerprint density at radius 3 is 2.70 bits per heavy atom. The van der Waals surface area contributed by atoms with E-state index in [0.29, 0.717) is 24.5 Å². The first-order valence-electron chi connectivity index (χ1n) is 7.77. The molecule has 1 aliphatic rings. The Labute approximate surface area is 134 Å². The third-order valence-electron chi connectivity index (χ3n) is 4.22. The van der Waals surface area contributed by atoms with Crippen LogP contribution in [-0.2, 0) is 4.74 Å². The van der Waals surface area contributed by atoms with Gasteiger partial charge in [0.1, 0.15) is 17.3 Å². The number of carbonyl (C=O) groups excluding carboxylic acids is 1. The molecule has 1 aromatic heterocycles. The summed E-state index contributed by atoms with van der Waals surface area (Å²) in [6.07, 6.45) is 0.759. The van der Waals surface area contributed by atoms with E-state index in [1.807, 2.05) is 6.92 Å². The molecule has 23 heavy (non-hydrogen) atoms. The number of hydrogen-bond acceptors (Lipinski definition) is 3. The van der Waals surface area contributed by atoms with Gasteiger partial charge >= 0.3 is 0 Å². The molecule has 0 spiro atoms. The average molecular weight is 317 g/mol. The van der Waals surface area contributed by atoms with Crippen molar-refractivity contribution in [3.63, 3.8) is 0 Å². The summed E-state index contributed by atoms with van der Waals surface area (Å²) in [7, 11) is 0. The third-order valence-corrected chi connectivity index (χ3v) is 4.22. The predicted octanol–water partition coefficient (Wildman–Crippen LogP) is 3.54. The van der Waals surface area contributed by atoms with E-state index in [1.165, 1.54) is 12.1 Å². The monoisotopic (exact) mass is 317 g/mol. The lowest BCUT2D eigenvalue weighted by molar-refractivity contribution is 0.0845. The Kier molecular flexibility index (Phi) is 4.48. The average Bonchev–Trinajstić information content (AvgIpc) is 3.12. The van der Waals surface area contributed by atoms with E-state index in [9.17, 15) is 9.18 Å². The number of furan rings is 1. The number of rotatable bonds is 4. The molecule has 0 radical (unpaired) electrons. The largest absolute Gasteiger partial charge is 0.466 e. The van der Waals surface area contributed by atoms with Gasteiger partial charge < -0.3 is 14.5 Å². The zero-order valence-corrected chi connectivity index (χ0v) is 13.3. The Morgan fingerprint density at radius 2 is 2.04 bits per heavy atom. The Hall–Kier alpha value is -2.14. The van der Waals surface area contributed by atoms with Crippen LogP contribution >= 0.6 is 0 Å². The molecule has 1 aromatic carbocycles. The number of ether oxygens (including phenoxy) is 1. The Balaban J connectivity index is 1.64. The fourth-order valence-corrected chi connectivity index (χ4v) is 3.04. The van der Waals surface area contributed by atoms with Crippen LogP contribution in [0.4, 0.5) is 4.39 Å². The first-order valence-corrected chi connectivity index (χ1v) is 7.77. The summed E-state index contributed by atoms with van der Waals surface area (Å²) in [6.45, 7) is 4.76. The molecule has 3 rings (SSSR count). The molecular formula is C18H20FNO3. The number of amides is 1. The minimum Gasteiger partial charge on any atom is -0.466 e. The maximum atomic E-state index is 13.0. The van der Waals surface area contributed by atoms with Gasteiger partial charge in [0.2, 0.25) is 0 Å². The molecule has 0 aliphatic carbocycles. The van der Waals surface area contributed by atoms with Crippen molar-refractivity contribution < 1.29 is 18.3 Å². The van der Waals surface area contributed by atoms with Gasteiger partial charge in [-0.1, -0.05) is 12.1 Å². The highest BCUT2D eigenvalue weighted by molar-refractivity contribution is 5.95. The molecule has 0 bridgehead atoms. The standard InChI is InChI=1S/C18H20FNO3/c1-11-9-16(12(2)23-11)18(21)20-10-14-7-8-22-17(14)13-3-5-15(19)6-4-13/h3-6,9,14,17H,7-8,10H2,1-2H3,(H,20,21)/t14-,17-/m0/s1. The van der Waals surface area contributed by atoms with Gasteiger partial charge in [0.05, 0.1) is 11.7 Å². The van der Waals surface area contributed by atoms with Gasteiger partial charge in [0.25, 0.3) is 5.91 Å². The zero-order valence-electron chi connectivity index (χ0n) is 13.3. The lowest BCUT2D eigenvalue weighted by atomic mass is 9.95. The highest BCUT2D eigenvalue weighted by Crippen LogP contribution is 2.34. The second kappa shape index (κ2) is 6.54. The zero-order chi connectivity index (χ0) is 16.4.